The van der Waals surface area contributed by atoms with E-state index in [1.807, 2.05) is 0 Å². The van der Waals surface area contributed by atoms with Crippen molar-refractivity contribution in [2.45, 2.75) is 13.8 Å². The minimum atomic E-state index is -0.650. The normalized spacial score (nSPS) is 10.8. The Morgan fingerprint density at radius 1 is 1.28 bits per heavy atom. The van der Waals surface area contributed by atoms with Crippen molar-refractivity contribution >= 4 is 23.3 Å². The van der Waals surface area contributed by atoms with E-state index in [2.05, 4.69) is 0 Å². The average molecular weight is 247 g/mol. The molecule has 0 spiro atoms. The average Bonchev–Trinajstić information content (AvgIpc) is 2.35. The molecule has 0 aliphatic heterocycles. The highest BCUT2D eigenvalue weighted by atomic mass is 16.6. The van der Waals surface area contributed by atoms with Gasteiger partial charge in [-0.2, -0.15) is 0 Å². The highest BCUT2D eigenvalue weighted by Crippen LogP contribution is 2.18. The highest BCUT2D eigenvalue weighted by Gasteiger charge is 2.15. The fourth-order valence-corrected chi connectivity index (χ4v) is 1.33. The number of hydrogen-bond donors (Lipinski definition) is 0. The van der Waals surface area contributed by atoms with Crippen LogP contribution < -0.4 is 0 Å². The second-order valence-corrected chi connectivity index (χ2v) is 4.03. The van der Waals surface area contributed by atoms with Crippen LogP contribution in [0.2, 0.25) is 0 Å². The zero-order valence-corrected chi connectivity index (χ0v) is 10.1. The molecule has 18 heavy (non-hydrogen) atoms. The third kappa shape index (κ3) is 3.35. The summed E-state index contributed by atoms with van der Waals surface area (Å²) in [5, 5.41) is 10.7. The number of nitro benzene ring substituents is 1. The van der Waals surface area contributed by atoms with Gasteiger partial charge in [-0.3, -0.25) is 19.7 Å². The van der Waals surface area contributed by atoms with Gasteiger partial charge in [0.15, 0.2) is 0 Å². The van der Waals surface area contributed by atoms with Crippen LogP contribution in [0.25, 0.3) is 6.08 Å². The molecule has 1 aromatic carbocycles. The molecule has 0 bridgehead atoms. The predicted molar refractivity (Wildman–Crippen MR) is 67.0 cm³/mol. The van der Waals surface area contributed by atoms with Gasteiger partial charge in [0.05, 0.1) is 10.5 Å². The Morgan fingerprint density at radius 2 is 1.89 bits per heavy atom. The van der Waals surface area contributed by atoms with Gasteiger partial charge in [-0.1, -0.05) is 26.0 Å². The van der Waals surface area contributed by atoms with Crippen molar-refractivity contribution in [2.75, 3.05) is 0 Å². The number of allylic oxidation sites excluding steroid dienone is 1. The van der Waals surface area contributed by atoms with Crippen molar-refractivity contribution in [1.82, 2.24) is 0 Å². The first kappa shape index (κ1) is 13.8. The van der Waals surface area contributed by atoms with Gasteiger partial charge < -0.3 is 0 Å². The summed E-state index contributed by atoms with van der Waals surface area (Å²) in [7, 11) is 0. The van der Waals surface area contributed by atoms with Crippen LogP contribution >= 0.6 is 0 Å². The number of nitro groups is 1. The molecule has 1 aromatic rings. The first-order valence-corrected chi connectivity index (χ1v) is 5.43. The molecular weight excluding hydrogens is 234 g/mol. The standard InChI is InChI=1S/C13H13NO4/c1-9(2)13(16)12(15)8-7-10-5-3-4-6-11(10)14(17)18/h3-9H,1-2H3/b8-7+. The van der Waals surface area contributed by atoms with Gasteiger partial charge in [0.2, 0.25) is 11.6 Å². The number of benzene rings is 1. The SMILES string of the molecule is CC(C)C(=O)C(=O)/C=C/c1ccccc1[N+](=O)[O-]. The summed E-state index contributed by atoms with van der Waals surface area (Å²) in [6.45, 7) is 3.25. The lowest BCUT2D eigenvalue weighted by molar-refractivity contribution is -0.385. The summed E-state index contributed by atoms with van der Waals surface area (Å²) >= 11 is 0. The Hall–Kier alpha value is -2.30. The Labute approximate surface area is 104 Å². The molecule has 5 nitrogen and oxygen atoms in total. The number of rotatable bonds is 5. The molecule has 94 valence electrons. The molecule has 0 amide bonds. The van der Waals surface area contributed by atoms with Crippen molar-refractivity contribution in [1.29, 1.82) is 0 Å². The first-order chi connectivity index (χ1) is 8.43. The van der Waals surface area contributed by atoms with E-state index in [0.29, 0.717) is 5.56 Å². The number of nitrogens with zero attached hydrogens (tertiary/aromatic N) is 1. The topological polar surface area (TPSA) is 77.3 Å². The van der Waals surface area contributed by atoms with Gasteiger partial charge in [-0.05, 0) is 18.2 Å². The van der Waals surface area contributed by atoms with Crippen molar-refractivity contribution in [3.05, 3.63) is 46.0 Å². The summed E-state index contributed by atoms with van der Waals surface area (Å²) < 4.78 is 0. The van der Waals surface area contributed by atoms with E-state index in [9.17, 15) is 19.7 Å². The van der Waals surface area contributed by atoms with Crippen LogP contribution in [0.3, 0.4) is 0 Å². The second-order valence-electron chi connectivity index (χ2n) is 4.03. The fraction of sp³-hybridized carbons (Fsp3) is 0.231. The van der Waals surface area contributed by atoms with Gasteiger partial charge >= 0.3 is 0 Å². The zero-order chi connectivity index (χ0) is 13.7. The molecule has 1 rings (SSSR count). The Bertz CT molecular complexity index is 517. The van der Waals surface area contributed by atoms with Crippen LogP contribution in [0.15, 0.2) is 30.3 Å². The smallest absolute Gasteiger partial charge is 0.276 e. The monoisotopic (exact) mass is 247 g/mol. The molecular formula is C13H13NO4. The van der Waals surface area contributed by atoms with E-state index in [4.69, 9.17) is 0 Å². The maximum atomic E-state index is 11.4. The number of carbonyl (C=O) groups excluding carboxylic acids is 2. The molecule has 0 unspecified atom stereocenters. The molecule has 0 fully saturated rings. The second kappa shape index (κ2) is 5.86. The van der Waals surface area contributed by atoms with Crippen LogP contribution in [0, 0.1) is 16.0 Å². The van der Waals surface area contributed by atoms with Gasteiger partial charge in [-0.25, -0.2) is 0 Å². The molecule has 0 aliphatic carbocycles. The molecule has 0 saturated heterocycles. The summed E-state index contributed by atoms with van der Waals surface area (Å²) in [4.78, 5) is 33.0. The zero-order valence-electron chi connectivity index (χ0n) is 10.1. The van der Waals surface area contributed by atoms with Gasteiger partial charge in [0.1, 0.15) is 0 Å². The number of para-hydroxylation sites is 1. The minimum Gasteiger partial charge on any atom is -0.290 e. The molecule has 0 radical (unpaired) electrons. The van der Waals surface area contributed by atoms with Crippen molar-refractivity contribution in [3.63, 3.8) is 0 Å². The molecule has 0 atom stereocenters. The number of ketones is 2. The van der Waals surface area contributed by atoms with E-state index in [-0.39, 0.29) is 11.6 Å². The number of carbonyl (C=O) groups is 2. The fourth-order valence-electron chi connectivity index (χ4n) is 1.33. The van der Waals surface area contributed by atoms with E-state index in [1.165, 1.54) is 24.3 Å². The van der Waals surface area contributed by atoms with Crippen molar-refractivity contribution in [3.8, 4) is 0 Å². The largest absolute Gasteiger partial charge is 0.290 e. The molecule has 5 heteroatoms. The lowest BCUT2D eigenvalue weighted by Gasteiger charge is -1.99. The number of hydrogen-bond acceptors (Lipinski definition) is 4. The summed E-state index contributed by atoms with van der Waals surface area (Å²) in [5.74, 6) is -1.54. The van der Waals surface area contributed by atoms with E-state index in [1.54, 1.807) is 19.9 Å². The lowest BCUT2D eigenvalue weighted by Crippen LogP contribution is -2.17. The Balaban J connectivity index is 2.95. The van der Waals surface area contributed by atoms with Crippen LogP contribution in [-0.4, -0.2) is 16.5 Å². The summed E-state index contributed by atoms with van der Waals surface area (Å²) in [6, 6.07) is 6.02. The van der Waals surface area contributed by atoms with Gasteiger partial charge in [0, 0.05) is 12.0 Å². The van der Waals surface area contributed by atoms with E-state index >= 15 is 0 Å². The molecule has 0 heterocycles. The highest BCUT2D eigenvalue weighted by molar-refractivity contribution is 6.42. The van der Waals surface area contributed by atoms with Crippen molar-refractivity contribution < 1.29 is 14.5 Å². The Morgan fingerprint density at radius 3 is 2.44 bits per heavy atom. The molecule has 0 saturated carbocycles. The third-order valence-corrected chi connectivity index (χ3v) is 2.31. The van der Waals surface area contributed by atoms with Gasteiger partial charge in [0.25, 0.3) is 5.69 Å². The molecule has 0 aliphatic rings. The van der Waals surface area contributed by atoms with Crippen LogP contribution in [0.4, 0.5) is 5.69 Å². The van der Waals surface area contributed by atoms with E-state index < -0.39 is 16.5 Å². The van der Waals surface area contributed by atoms with Crippen LogP contribution in [0.1, 0.15) is 19.4 Å². The van der Waals surface area contributed by atoms with Crippen molar-refractivity contribution in [2.24, 2.45) is 5.92 Å². The quantitative estimate of drug-likeness (QED) is 0.346. The maximum absolute atomic E-state index is 11.4. The Kier molecular flexibility index (Phi) is 4.48. The van der Waals surface area contributed by atoms with Crippen LogP contribution in [-0.2, 0) is 9.59 Å². The minimum absolute atomic E-state index is 0.0986. The lowest BCUT2D eigenvalue weighted by atomic mass is 10.0. The molecule has 0 aromatic heterocycles. The van der Waals surface area contributed by atoms with Gasteiger partial charge in [-0.15, -0.1) is 0 Å². The predicted octanol–water partition coefficient (Wildman–Crippen LogP) is 2.40. The summed E-state index contributed by atoms with van der Waals surface area (Å²) in [6.07, 6.45) is 2.37. The summed E-state index contributed by atoms with van der Waals surface area (Å²) in [5.41, 5.74) is 0.200. The molecule has 0 N–H and O–H groups in total. The first-order valence-electron chi connectivity index (χ1n) is 5.43. The maximum Gasteiger partial charge on any atom is 0.276 e. The van der Waals surface area contributed by atoms with Crippen LogP contribution in [0.5, 0.6) is 0 Å². The van der Waals surface area contributed by atoms with E-state index in [0.717, 1.165) is 6.08 Å². The number of Topliss-reactive ketones (excluding diaryl/α,β-unsaturated/α-hetero) is 1. The third-order valence-electron chi connectivity index (χ3n) is 2.31.